The SMILES string of the molecule is C=CC(=O)N1CCCCC1c1nc(-c2ccc(C(=O)Nc3cc(C#N)ccn3)cc2)c(C(N)=O)n1N. The second-order valence-electron chi connectivity index (χ2n) is 8.22. The molecule has 1 aromatic carbocycles. The zero-order valence-electron chi connectivity index (χ0n) is 19.3. The number of likely N-dealkylation sites (tertiary alicyclic amines) is 1. The fourth-order valence-electron chi connectivity index (χ4n) is 4.24. The summed E-state index contributed by atoms with van der Waals surface area (Å²) in [5.74, 6) is 5.42. The number of rotatable bonds is 6. The maximum atomic E-state index is 12.6. The van der Waals surface area contributed by atoms with Gasteiger partial charge in [0.1, 0.15) is 11.5 Å². The number of carbonyl (C=O) groups is 3. The molecule has 1 saturated heterocycles. The number of nitriles is 1. The molecule has 2 aromatic heterocycles. The van der Waals surface area contributed by atoms with Crippen molar-refractivity contribution in [3.63, 3.8) is 0 Å². The number of hydrogen-bond acceptors (Lipinski definition) is 7. The van der Waals surface area contributed by atoms with Gasteiger partial charge in [-0.15, -0.1) is 0 Å². The van der Waals surface area contributed by atoms with Crippen LogP contribution in [-0.2, 0) is 4.79 Å². The van der Waals surface area contributed by atoms with E-state index in [2.05, 4.69) is 21.9 Å². The lowest BCUT2D eigenvalue weighted by Crippen LogP contribution is -2.39. The van der Waals surface area contributed by atoms with Gasteiger partial charge in [0, 0.05) is 23.9 Å². The van der Waals surface area contributed by atoms with Gasteiger partial charge in [0.25, 0.3) is 11.8 Å². The van der Waals surface area contributed by atoms with Crippen LogP contribution >= 0.6 is 0 Å². The normalized spacial score (nSPS) is 15.1. The largest absolute Gasteiger partial charge is 0.364 e. The zero-order valence-corrected chi connectivity index (χ0v) is 19.3. The fraction of sp³-hybridized carbons (Fsp3) is 0.200. The minimum atomic E-state index is -0.770. The Morgan fingerprint density at radius 3 is 2.61 bits per heavy atom. The van der Waals surface area contributed by atoms with E-state index in [0.717, 1.165) is 17.5 Å². The van der Waals surface area contributed by atoms with Crippen molar-refractivity contribution in [3.8, 4) is 17.3 Å². The van der Waals surface area contributed by atoms with Crippen molar-refractivity contribution in [2.75, 3.05) is 17.7 Å². The number of pyridine rings is 1. The number of imidazole rings is 1. The second kappa shape index (κ2) is 10.1. The van der Waals surface area contributed by atoms with E-state index < -0.39 is 17.9 Å². The molecule has 4 rings (SSSR count). The van der Waals surface area contributed by atoms with Gasteiger partial charge in [0.05, 0.1) is 17.7 Å². The first kappa shape index (κ1) is 24.2. The smallest absolute Gasteiger partial charge is 0.269 e. The molecule has 36 heavy (non-hydrogen) atoms. The predicted molar refractivity (Wildman–Crippen MR) is 132 cm³/mol. The average molecular weight is 485 g/mol. The topological polar surface area (TPSA) is 173 Å². The molecule has 1 fully saturated rings. The maximum Gasteiger partial charge on any atom is 0.269 e. The molecule has 0 aliphatic carbocycles. The van der Waals surface area contributed by atoms with Crippen molar-refractivity contribution in [1.82, 2.24) is 19.5 Å². The van der Waals surface area contributed by atoms with Crippen LogP contribution < -0.4 is 16.9 Å². The Hall–Kier alpha value is -4.98. The Balaban J connectivity index is 1.64. The molecular formula is C25H24N8O3. The average Bonchev–Trinajstić information content (AvgIpc) is 3.25. The summed E-state index contributed by atoms with van der Waals surface area (Å²) in [4.78, 5) is 47.6. The van der Waals surface area contributed by atoms with Crippen LogP contribution in [0.1, 0.15) is 57.5 Å². The lowest BCUT2D eigenvalue weighted by atomic mass is 10.0. The summed E-state index contributed by atoms with van der Waals surface area (Å²) in [6.45, 7) is 4.10. The number of amides is 3. The highest BCUT2D eigenvalue weighted by atomic mass is 16.2. The van der Waals surface area contributed by atoms with E-state index >= 15 is 0 Å². The number of anilines is 1. The summed E-state index contributed by atoms with van der Waals surface area (Å²) in [6, 6.07) is 10.9. The summed E-state index contributed by atoms with van der Waals surface area (Å²) < 4.78 is 1.14. The van der Waals surface area contributed by atoms with Gasteiger partial charge in [-0.25, -0.2) is 14.6 Å². The van der Waals surface area contributed by atoms with Crippen LogP contribution in [0.4, 0.5) is 5.82 Å². The number of nitrogen functional groups attached to an aromatic ring is 1. The molecule has 1 aliphatic rings. The lowest BCUT2D eigenvalue weighted by molar-refractivity contribution is -0.129. The summed E-state index contributed by atoms with van der Waals surface area (Å²) in [5.41, 5.74) is 7.10. The highest BCUT2D eigenvalue weighted by molar-refractivity contribution is 6.04. The third kappa shape index (κ3) is 4.65. The molecule has 0 spiro atoms. The Kier molecular flexibility index (Phi) is 6.78. The Labute approximate surface area is 207 Å². The summed E-state index contributed by atoms with van der Waals surface area (Å²) >= 11 is 0. The molecule has 3 aromatic rings. The van der Waals surface area contributed by atoms with Crippen molar-refractivity contribution < 1.29 is 14.4 Å². The molecule has 0 radical (unpaired) electrons. The number of nitrogens with two attached hydrogens (primary N) is 2. The monoisotopic (exact) mass is 484 g/mol. The molecular weight excluding hydrogens is 460 g/mol. The van der Waals surface area contributed by atoms with Gasteiger partial charge in [0.2, 0.25) is 5.91 Å². The Bertz CT molecular complexity index is 1390. The van der Waals surface area contributed by atoms with Gasteiger partial charge < -0.3 is 21.8 Å². The molecule has 0 bridgehead atoms. The van der Waals surface area contributed by atoms with E-state index in [1.54, 1.807) is 29.2 Å². The van der Waals surface area contributed by atoms with Crippen LogP contribution in [0.2, 0.25) is 0 Å². The van der Waals surface area contributed by atoms with Crippen molar-refractivity contribution in [2.24, 2.45) is 5.73 Å². The summed E-state index contributed by atoms with van der Waals surface area (Å²) in [7, 11) is 0. The van der Waals surface area contributed by atoms with Gasteiger partial charge in [-0.1, -0.05) is 18.7 Å². The van der Waals surface area contributed by atoms with E-state index in [1.165, 1.54) is 24.4 Å². The zero-order chi connectivity index (χ0) is 25.8. The van der Waals surface area contributed by atoms with Crippen LogP contribution in [0.5, 0.6) is 0 Å². The van der Waals surface area contributed by atoms with Crippen LogP contribution in [-0.4, -0.2) is 43.8 Å². The first-order valence-corrected chi connectivity index (χ1v) is 11.2. The molecule has 3 heterocycles. The molecule has 11 heteroatoms. The second-order valence-corrected chi connectivity index (χ2v) is 8.22. The minimum Gasteiger partial charge on any atom is -0.364 e. The van der Waals surface area contributed by atoms with Crippen molar-refractivity contribution in [2.45, 2.75) is 25.3 Å². The van der Waals surface area contributed by atoms with E-state index in [9.17, 15) is 14.4 Å². The Morgan fingerprint density at radius 1 is 1.19 bits per heavy atom. The van der Waals surface area contributed by atoms with Crippen LogP contribution in [0.3, 0.4) is 0 Å². The van der Waals surface area contributed by atoms with E-state index in [-0.39, 0.29) is 23.1 Å². The number of aromatic nitrogens is 3. The molecule has 1 atom stereocenters. The standard InChI is InChI=1S/C25H24N8O3/c1-2-20(34)32-12-4-3-5-18(32)24-31-21(22(23(27)35)33(24)28)16-6-8-17(9-7-16)25(36)30-19-13-15(14-26)10-11-29-19/h2,6-11,13,18H,1,3-5,12,28H2,(H2,27,35)(H,29,30,36). The van der Waals surface area contributed by atoms with Crippen LogP contribution in [0.25, 0.3) is 11.3 Å². The van der Waals surface area contributed by atoms with Crippen LogP contribution in [0.15, 0.2) is 55.3 Å². The number of carbonyl (C=O) groups excluding carboxylic acids is 3. The quantitative estimate of drug-likeness (QED) is 0.355. The Morgan fingerprint density at radius 2 is 1.94 bits per heavy atom. The first-order chi connectivity index (χ1) is 17.3. The summed E-state index contributed by atoms with van der Waals surface area (Å²) in [6.07, 6.45) is 5.02. The molecule has 1 unspecified atom stereocenters. The molecule has 5 N–H and O–H groups in total. The number of nitrogens with one attached hydrogen (secondary N) is 1. The number of nitrogens with zero attached hydrogens (tertiary/aromatic N) is 5. The van der Waals surface area contributed by atoms with Crippen LogP contribution in [0, 0.1) is 11.3 Å². The van der Waals surface area contributed by atoms with Crippen molar-refractivity contribution in [3.05, 3.63) is 77.9 Å². The van der Waals surface area contributed by atoms with E-state index in [4.69, 9.17) is 16.8 Å². The van der Waals surface area contributed by atoms with Crippen molar-refractivity contribution >= 4 is 23.5 Å². The van der Waals surface area contributed by atoms with E-state index in [0.29, 0.717) is 35.5 Å². The highest BCUT2D eigenvalue weighted by Crippen LogP contribution is 2.33. The van der Waals surface area contributed by atoms with Gasteiger partial charge >= 0.3 is 0 Å². The third-order valence-electron chi connectivity index (χ3n) is 5.98. The number of piperidine rings is 1. The summed E-state index contributed by atoms with van der Waals surface area (Å²) in [5, 5.41) is 11.6. The molecule has 11 nitrogen and oxygen atoms in total. The molecule has 1 aliphatic heterocycles. The first-order valence-electron chi connectivity index (χ1n) is 11.2. The van der Waals surface area contributed by atoms with Gasteiger partial charge in [-0.3, -0.25) is 14.4 Å². The van der Waals surface area contributed by atoms with Gasteiger partial charge in [0.15, 0.2) is 11.5 Å². The fourth-order valence-corrected chi connectivity index (χ4v) is 4.24. The minimum absolute atomic E-state index is 0.00343. The van der Waals surface area contributed by atoms with E-state index in [1.807, 2.05) is 6.07 Å². The van der Waals surface area contributed by atoms with Crippen molar-refractivity contribution in [1.29, 1.82) is 5.26 Å². The van der Waals surface area contributed by atoms with Gasteiger partial charge in [-0.2, -0.15) is 5.26 Å². The highest BCUT2D eigenvalue weighted by Gasteiger charge is 2.33. The predicted octanol–water partition coefficient (Wildman–Crippen LogP) is 2.12. The third-order valence-corrected chi connectivity index (χ3v) is 5.98. The van der Waals surface area contributed by atoms with Gasteiger partial charge in [-0.05, 0) is 49.6 Å². The number of hydrogen-bond donors (Lipinski definition) is 3. The maximum absolute atomic E-state index is 12.6. The number of benzene rings is 1. The lowest BCUT2D eigenvalue weighted by Gasteiger charge is -2.34. The number of primary amides is 1. The molecule has 182 valence electrons. The molecule has 0 saturated carbocycles. The molecule has 3 amide bonds.